The van der Waals surface area contributed by atoms with E-state index in [1.807, 2.05) is 36.4 Å². The van der Waals surface area contributed by atoms with Gasteiger partial charge in [-0.15, -0.1) is 0 Å². The van der Waals surface area contributed by atoms with E-state index in [-0.39, 0.29) is 20.5 Å². The summed E-state index contributed by atoms with van der Waals surface area (Å²) >= 11 is 0.0680. The number of halogens is 3. The zero-order chi connectivity index (χ0) is 21.1. The Balaban J connectivity index is 1.62. The number of pyridine rings is 1. The Morgan fingerprint density at radius 2 is 1.60 bits per heavy atom. The van der Waals surface area contributed by atoms with Crippen LogP contribution in [0.4, 0.5) is 18.9 Å². The average molecular weight is 471 g/mol. The molecule has 1 amide bonds. The Morgan fingerprint density at radius 1 is 0.867 bits per heavy atom. The van der Waals surface area contributed by atoms with E-state index in [0.29, 0.717) is 11.2 Å². The molecule has 1 N–H and O–H groups in total. The van der Waals surface area contributed by atoms with Crippen molar-refractivity contribution in [3.8, 4) is 0 Å². The molecule has 30 heavy (non-hydrogen) atoms. The summed E-state index contributed by atoms with van der Waals surface area (Å²) in [6, 6.07) is 21.8. The van der Waals surface area contributed by atoms with Crippen LogP contribution in [-0.2, 0) is 6.18 Å². The van der Waals surface area contributed by atoms with Gasteiger partial charge in [-0.2, -0.15) is 0 Å². The van der Waals surface area contributed by atoms with Crippen molar-refractivity contribution in [2.24, 2.45) is 0 Å². The number of amides is 1. The van der Waals surface area contributed by atoms with Crippen LogP contribution >= 0.6 is 0 Å². The van der Waals surface area contributed by atoms with Crippen molar-refractivity contribution in [2.45, 2.75) is 6.18 Å². The number of carbonyl (C=O) groups is 1. The number of alkyl halides is 3. The number of hydrogen-bond donors (Lipinski definition) is 1. The zero-order valence-corrected chi connectivity index (χ0v) is 17.2. The molecule has 0 aliphatic carbocycles. The maximum atomic E-state index is 12.7. The number of aromatic nitrogens is 1. The minimum absolute atomic E-state index is 0.0680. The quantitative estimate of drug-likeness (QED) is 0.455. The zero-order valence-electron chi connectivity index (χ0n) is 15.5. The SMILES string of the molecule is O=C(Nc1ccc([Se]c2ccccc2)c2cccnc12)c1ccc(C(F)(F)F)cc1. The molecule has 1 heterocycles. The summed E-state index contributed by atoms with van der Waals surface area (Å²) in [7, 11) is 0. The second-order valence-electron chi connectivity index (χ2n) is 6.46. The minimum atomic E-state index is -4.44. The van der Waals surface area contributed by atoms with Gasteiger partial charge in [-0.25, -0.2) is 0 Å². The molecule has 4 rings (SSSR count). The van der Waals surface area contributed by atoms with Crippen molar-refractivity contribution in [1.29, 1.82) is 0 Å². The van der Waals surface area contributed by atoms with Crippen LogP contribution in [0.15, 0.2) is 85.1 Å². The molecular formula is C23H15F3N2OSe. The summed E-state index contributed by atoms with van der Waals surface area (Å²) < 4.78 is 40.5. The number of benzene rings is 3. The number of nitrogens with one attached hydrogen (secondary N) is 1. The van der Waals surface area contributed by atoms with E-state index in [1.165, 1.54) is 16.6 Å². The molecule has 150 valence electrons. The van der Waals surface area contributed by atoms with Crippen LogP contribution in [0, 0.1) is 0 Å². The van der Waals surface area contributed by atoms with Crippen LogP contribution in [-0.4, -0.2) is 25.8 Å². The van der Waals surface area contributed by atoms with Crippen molar-refractivity contribution < 1.29 is 18.0 Å². The molecule has 0 fully saturated rings. The van der Waals surface area contributed by atoms with Crippen LogP contribution in [0.25, 0.3) is 10.9 Å². The third kappa shape index (κ3) is 4.37. The van der Waals surface area contributed by atoms with Gasteiger partial charge < -0.3 is 0 Å². The van der Waals surface area contributed by atoms with Crippen molar-refractivity contribution in [3.05, 3.63) is 96.2 Å². The molecule has 0 aliphatic rings. The molecule has 1 aromatic heterocycles. The van der Waals surface area contributed by atoms with Gasteiger partial charge >= 0.3 is 177 Å². The van der Waals surface area contributed by atoms with E-state index in [4.69, 9.17) is 0 Å². The number of hydrogen-bond acceptors (Lipinski definition) is 2. The second kappa shape index (κ2) is 8.30. The van der Waals surface area contributed by atoms with Crippen molar-refractivity contribution in [3.63, 3.8) is 0 Å². The predicted octanol–water partition coefficient (Wildman–Crippen LogP) is 4.16. The predicted molar refractivity (Wildman–Crippen MR) is 113 cm³/mol. The van der Waals surface area contributed by atoms with Crippen LogP contribution in [0.5, 0.6) is 0 Å². The van der Waals surface area contributed by atoms with E-state index in [2.05, 4.69) is 22.4 Å². The molecule has 0 atom stereocenters. The first-order chi connectivity index (χ1) is 14.4. The van der Waals surface area contributed by atoms with Crippen LogP contribution in [0.1, 0.15) is 15.9 Å². The van der Waals surface area contributed by atoms with Gasteiger partial charge in [0, 0.05) is 0 Å². The van der Waals surface area contributed by atoms with Gasteiger partial charge in [-0.1, -0.05) is 0 Å². The number of carbonyl (C=O) groups excluding carboxylic acids is 1. The Hall–Kier alpha value is -3.15. The Kier molecular flexibility index (Phi) is 5.57. The molecule has 4 aromatic rings. The van der Waals surface area contributed by atoms with Crippen LogP contribution in [0.2, 0.25) is 0 Å². The first-order valence-corrected chi connectivity index (χ1v) is 10.7. The van der Waals surface area contributed by atoms with Gasteiger partial charge in [-0.3, -0.25) is 0 Å². The summed E-state index contributed by atoms with van der Waals surface area (Å²) in [5.41, 5.74) is 0.513. The average Bonchev–Trinajstić information content (AvgIpc) is 2.75. The molecule has 7 heteroatoms. The standard InChI is InChI=1S/C23H15F3N2OSe/c24-23(25,26)16-10-8-15(9-11-16)22(29)28-19-12-13-20(18-7-4-14-27-21(18)19)30-17-5-2-1-3-6-17/h1-14H,(H,28,29). The summed E-state index contributed by atoms with van der Waals surface area (Å²) in [5, 5.41) is 3.71. The van der Waals surface area contributed by atoms with Crippen LogP contribution in [0.3, 0.4) is 0 Å². The van der Waals surface area contributed by atoms with Crippen molar-refractivity contribution in [2.75, 3.05) is 5.32 Å². The maximum absolute atomic E-state index is 12.7. The van der Waals surface area contributed by atoms with Crippen molar-refractivity contribution >= 4 is 46.4 Å². The summed E-state index contributed by atoms with van der Waals surface area (Å²) in [5.74, 6) is -0.489. The fourth-order valence-corrected chi connectivity index (χ4v) is 4.97. The number of rotatable bonds is 4. The van der Waals surface area contributed by atoms with E-state index >= 15 is 0 Å². The molecule has 0 saturated heterocycles. The van der Waals surface area contributed by atoms with E-state index in [1.54, 1.807) is 12.3 Å². The number of nitrogens with zero attached hydrogens (tertiary/aromatic N) is 1. The van der Waals surface area contributed by atoms with Crippen LogP contribution < -0.4 is 14.2 Å². The van der Waals surface area contributed by atoms with Gasteiger partial charge in [0.15, 0.2) is 0 Å². The molecule has 3 nitrogen and oxygen atoms in total. The van der Waals surface area contributed by atoms with Gasteiger partial charge in [0.25, 0.3) is 0 Å². The molecule has 0 radical (unpaired) electrons. The van der Waals surface area contributed by atoms with Gasteiger partial charge in [0.1, 0.15) is 0 Å². The van der Waals surface area contributed by atoms with Gasteiger partial charge in [0.2, 0.25) is 0 Å². The summed E-state index contributed by atoms with van der Waals surface area (Å²) in [6.45, 7) is 0. The van der Waals surface area contributed by atoms with Gasteiger partial charge in [-0.05, 0) is 0 Å². The fourth-order valence-electron chi connectivity index (χ4n) is 2.96. The Labute approximate surface area is 177 Å². The molecule has 0 unspecified atom stereocenters. The molecule has 0 spiro atoms. The molecule has 3 aromatic carbocycles. The monoisotopic (exact) mass is 472 g/mol. The Bertz CT molecular complexity index is 1190. The third-order valence-electron chi connectivity index (χ3n) is 4.42. The van der Waals surface area contributed by atoms with E-state index in [9.17, 15) is 18.0 Å². The van der Waals surface area contributed by atoms with Crippen molar-refractivity contribution in [1.82, 2.24) is 4.98 Å². The normalized spacial score (nSPS) is 11.4. The topological polar surface area (TPSA) is 42.0 Å². The third-order valence-corrected chi connectivity index (χ3v) is 6.70. The molecule has 0 bridgehead atoms. The summed E-state index contributed by atoms with van der Waals surface area (Å²) in [6.07, 6.45) is -2.79. The second-order valence-corrected chi connectivity index (χ2v) is 8.80. The van der Waals surface area contributed by atoms with E-state index in [0.717, 1.165) is 22.0 Å². The first-order valence-electron chi connectivity index (χ1n) is 9.01. The number of fused-ring (bicyclic) bond motifs is 1. The summed E-state index contributed by atoms with van der Waals surface area (Å²) in [4.78, 5) is 17.0. The molecular weight excluding hydrogens is 456 g/mol. The fraction of sp³-hybridized carbons (Fsp3) is 0.0435. The first kappa shape index (κ1) is 20.1. The Morgan fingerprint density at radius 3 is 2.30 bits per heavy atom. The molecule has 0 saturated carbocycles. The molecule has 0 aliphatic heterocycles. The van der Waals surface area contributed by atoms with Gasteiger partial charge in [0.05, 0.1) is 0 Å². The number of anilines is 1. The van der Waals surface area contributed by atoms with E-state index < -0.39 is 17.6 Å².